The van der Waals surface area contributed by atoms with Crippen LogP contribution < -0.4 is 15.8 Å². The smallest absolute Gasteiger partial charge is 0.248 e. The fourth-order valence-corrected chi connectivity index (χ4v) is 2.29. The molecule has 0 saturated carbocycles. The highest BCUT2D eigenvalue weighted by Gasteiger charge is 2.06. The maximum atomic E-state index is 11.2. The van der Waals surface area contributed by atoms with Crippen molar-refractivity contribution in [3.8, 4) is 5.75 Å². The molecule has 0 bridgehead atoms. The molecule has 0 aliphatic carbocycles. The van der Waals surface area contributed by atoms with Gasteiger partial charge in [-0.2, -0.15) is 0 Å². The first kappa shape index (κ1) is 14.9. The number of hydrogen-bond donors (Lipinski definition) is 2. The Kier molecular flexibility index (Phi) is 4.48. The molecule has 0 saturated heterocycles. The van der Waals surface area contributed by atoms with Crippen molar-refractivity contribution in [2.24, 2.45) is 5.73 Å². The third kappa shape index (κ3) is 3.54. The number of nitrogens with one attached hydrogen (secondary N) is 1. The zero-order valence-corrected chi connectivity index (χ0v) is 12.6. The summed E-state index contributed by atoms with van der Waals surface area (Å²) in [5.41, 5.74) is 9.95. The molecule has 3 N–H and O–H groups in total. The van der Waals surface area contributed by atoms with Crippen LogP contribution in [0.25, 0.3) is 0 Å². The molecule has 0 aromatic heterocycles. The second-order valence-electron chi connectivity index (χ2n) is 5.06. The monoisotopic (exact) mass is 284 g/mol. The first-order chi connectivity index (χ1) is 10.0. The van der Waals surface area contributed by atoms with Gasteiger partial charge in [-0.25, -0.2) is 0 Å². The Balaban J connectivity index is 2.15. The van der Waals surface area contributed by atoms with Gasteiger partial charge in [-0.15, -0.1) is 0 Å². The largest absolute Gasteiger partial charge is 0.496 e. The molecule has 1 amide bonds. The number of rotatable bonds is 5. The molecular formula is C17H20N2O2. The summed E-state index contributed by atoms with van der Waals surface area (Å²) in [7, 11) is 1.67. The van der Waals surface area contributed by atoms with E-state index in [1.807, 2.05) is 31.2 Å². The number of anilines is 1. The Morgan fingerprint density at radius 1 is 1.19 bits per heavy atom. The van der Waals surface area contributed by atoms with Crippen LogP contribution in [0.2, 0.25) is 0 Å². The van der Waals surface area contributed by atoms with Gasteiger partial charge in [0.15, 0.2) is 0 Å². The standard InChI is InChI=1S/C17H20N2O2/c1-11-4-7-16(21-3)13(8-11)10-19-14-5-6-15(17(18)20)12(2)9-14/h4-9,19H,10H2,1-3H3,(H2,18,20). The molecule has 110 valence electrons. The van der Waals surface area contributed by atoms with Gasteiger partial charge in [-0.1, -0.05) is 17.7 Å². The third-order valence-corrected chi connectivity index (χ3v) is 3.41. The quantitative estimate of drug-likeness (QED) is 0.887. The van der Waals surface area contributed by atoms with E-state index >= 15 is 0 Å². The van der Waals surface area contributed by atoms with E-state index in [1.54, 1.807) is 13.2 Å². The van der Waals surface area contributed by atoms with Gasteiger partial charge in [0.25, 0.3) is 0 Å². The maximum Gasteiger partial charge on any atom is 0.248 e. The molecule has 2 aromatic carbocycles. The minimum absolute atomic E-state index is 0.403. The number of aryl methyl sites for hydroxylation is 2. The average Bonchev–Trinajstić information content (AvgIpc) is 2.45. The molecule has 0 radical (unpaired) electrons. The van der Waals surface area contributed by atoms with Crippen LogP contribution in [0, 0.1) is 13.8 Å². The van der Waals surface area contributed by atoms with Crippen molar-refractivity contribution in [3.05, 3.63) is 58.7 Å². The predicted molar refractivity (Wildman–Crippen MR) is 84.8 cm³/mol. The summed E-state index contributed by atoms with van der Waals surface area (Å²) in [5, 5.41) is 3.34. The Hall–Kier alpha value is -2.49. The Labute approximate surface area is 124 Å². The van der Waals surface area contributed by atoms with Crippen molar-refractivity contribution >= 4 is 11.6 Å². The maximum absolute atomic E-state index is 11.2. The van der Waals surface area contributed by atoms with E-state index in [0.29, 0.717) is 12.1 Å². The number of benzene rings is 2. The van der Waals surface area contributed by atoms with E-state index in [-0.39, 0.29) is 0 Å². The molecule has 0 spiro atoms. The summed E-state index contributed by atoms with van der Waals surface area (Å²) in [6.07, 6.45) is 0. The second-order valence-corrected chi connectivity index (χ2v) is 5.06. The molecule has 0 unspecified atom stereocenters. The van der Waals surface area contributed by atoms with Crippen molar-refractivity contribution in [2.75, 3.05) is 12.4 Å². The Bertz CT molecular complexity index is 666. The molecule has 0 atom stereocenters. The molecule has 0 aliphatic rings. The van der Waals surface area contributed by atoms with Crippen LogP contribution >= 0.6 is 0 Å². The van der Waals surface area contributed by atoms with Gasteiger partial charge in [0.1, 0.15) is 5.75 Å². The van der Waals surface area contributed by atoms with Gasteiger partial charge in [-0.3, -0.25) is 4.79 Å². The van der Waals surface area contributed by atoms with Crippen LogP contribution in [-0.4, -0.2) is 13.0 Å². The molecule has 21 heavy (non-hydrogen) atoms. The van der Waals surface area contributed by atoms with Gasteiger partial charge in [-0.05, 0) is 43.7 Å². The van der Waals surface area contributed by atoms with Crippen LogP contribution in [0.1, 0.15) is 27.0 Å². The Morgan fingerprint density at radius 3 is 2.57 bits per heavy atom. The number of methoxy groups -OCH3 is 1. The lowest BCUT2D eigenvalue weighted by Gasteiger charge is -2.12. The summed E-state index contributed by atoms with van der Waals surface area (Å²) in [4.78, 5) is 11.2. The first-order valence-electron chi connectivity index (χ1n) is 6.79. The van der Waals surface area contributed by atoms with Crippen LogP contribution in [0.5, 0.6) is 5.75 Å². The number of primary amides is 1. The number of ether oxygens (including phenoxy) is 1. The second kappa shape index (κ2) is 6.31. The van der Waals surface area contributed by atoms with Gasteiger partial charge >= 0.3 is 0 Å². The zero-order valence-electron chi connectivity index (χ0n) is 12.6. The summed E-state index contributed by atoms with van der Waals surface area (Å²) in [6.45, 7) is 4.58. The number of carbonyl (C=O) groups excluding carboxylic acids is 1. The van der Waals surface area contributed by atoms with Crippen molar-refractivity contribution in [2.45, 2.75) is 20.4 Å². The lowest BCUT2D eigenvalue weighted by molar-refractivity contribution is 0.1000. The lowest BCUT2D eigenvalue weighted by Crippen LogP contribution is -2.12. The van der Waals surface area contributed by atoms with Crippen molar-refractivity contribution in [1.82, 2.24) is 0 Å². The Morgan fingerprint density at radius 2 is 1.95 bits per heavy atom. The molecule has 4 nitrogen and oxygen atoms in total. The highest BCUT2D eigenvalue weighted by molar-refractivity contribution is 5.94. The fourth-order valence-electron chi connectivity index (χ4n) is 2.29. The molecule has 0 heterocycles. The molecule has 2 aromatic rings. The van der Waals surface area contributed by atoms with Gasteiger partial charge < -0.3 is 15.8 Å². The number of amides is 1. The average molecular weight is 284 g/mol. The summed E-state index contributed by atoms with van der Waals surface area (Å²) >= 11 is 0. The van der Waals surface area contributed by atoms with E-state index < -0.39 is 5.91 Å². The number of carbonyl (C=O) groups is 1. The third-order valence-electron chi connectivity index (χ3n) is 3.41. The van der Waals surface area contributed by atoms with Crippen molar-refractivity contribution in [1.29, 1.82) is 0 Å². The van der Waals surface area contributed by atoms with E-state index in [2.05, 4.69) is 18.3 Å². The molecule has 0 fully saturated rings. The topological polar surface area (TPSA) is 64.3 Å². The van der Waals surface area contributed by atoms with Gasteiger partial charge in [0, 0.05) is 23.4 Å². The van der Waals surface area contributed by atoms with Gasteiger partial charge in [0.2, 0.25) is 5.91 Å². The summed E-state index contributed by atoms with van der Waals surface area (Å²) in [5.74, 6) is 0.456. The van der Waals surface area contributed by atoms with E-state index in [0.717, 1.165) is 22.6 Å². The van der Waals surface area contributed by atoms with E-state index in [1.165, 1.54) is 5.56 Å². The SMILES string of the molecule is COc1ccc(C)cc1CNc1ccc(C(N)=O)c(C)c1. The molecule has 0 aliphatic heterocycles. The lowest BCUT2D eigenvalue weighted by atomic mass is 10.1. The normalized spacial score (nSPS) is 10.2. The fraction of sp³-hybridized carbons (Fsp3) is 0.235. The molecule has 4 heteroatoms. The number of hydrogen-bond acceptors (Lipinski definition) is 3. The molecule has 2 rings (SSSR count). The summed E-state index contributed by atoms with van der Waals surface area (Å²) in [6, 6.07) is 11.6. The van der Waals surface area contributed by atoms with Crippen molar-refractivity contribution < 1.29 is 9.53 Å². The van der Waals surface area contributed by atoms with E-state index in [4.69, 9.17) is 10.5 Å². The van der Waals surface area contributed by atoms with Crippen molar-refractivity contribution in [3.63, 3.8) is 0 Å². The summed E-state index contributed by atoms with van der Waals surface area (Å²) < 4.78 is 5.36. The van der Waals surface area contributed by atoms with Crippen LogP contribution in [0.3, 0.4) is 0 Å². The van der Waals surface area contributed by atoms with Crippen LogP contribution in [-0.2, 0) is 6.54 Å². The predicted octanol–water partition coefficient (Wildman–Crippen LogP) is 3.02. The van der Waals surface area contributed by atoms with Gasteiger partial charge in [0.05, 0.1) is 7.11 Å². The molecular weight excluding hydrogens is 264 g/mol. The first-order valence-corrected chi connectivity index (χ1v) is 6.79. The highest BCUT2D eigenvalue weighted by atomic mass is 16.5. The number of nitrogens with two attached hydrogens (primary N) is 1. The minimum Gasteiger partial charge on any atom is -0.496 e. The van der Waals surface area contributed by atoms with Crippen LogP contribution in [0.4, 0.5) is 5.69 Å². The highest BCUT2D eigenvalue weighted by Crippen LogP contribution is 2.22. The zero-order chi connectivity index (χ0) is 15.4. The van der Waals surface area contributed by atoms with Crippen LogP contribution in [0.15, 0.2) is 36.4 Å². The van der Waals surface area contributed by atoms with E-state index in [9.17, 15) is 4.79 Å². The minimum atomic E-state index is -0.403.